The molecule has 0 unspecified atom stereocenters. The van der Waals surface area contributed by atoms with E-state index < -0.39 is 0 Å². The van der Waals surface area contributed by atoms with Gasteiger partial charge in [-0.2, -0.15) is 4.98 Å². The van der Waals surface area contributed by atoms with Crippen LogP contribution in [0.5, 0.6) is 17.2 Å². The van der Waals surface area contributed by atoms with E-state index >= 15 is 0 Å². The fourth-order valence-electron chi connectivity index (χ4n) is 1.59. The second-order valence-corrected chi connectivity index (χ2v) is 4.33. The predicted molar refractivity (Wildman–Crippen MR) is 70.1 cm³/mol. The van der Waals surface area contributed by atoms with Gasteiger partial charge in [-0.1, -0.05) is 5.16 Å². The Labute approximate surface area is 117 Å². The molecule has 0 atom stereocenters. The number of benzene rings is 1. The van der Waals surface area contributed by atoms with Gasteiger partial charge < -0.3 is 24.8 Å². The van der Waals surface area contributed by atoms with Crippen LogP contribution >= 0.6 is 15.9 Å². The summed E-state index contributed by atoms with van der Waals surface area (Å²) in [7, 11) is 2.97. The first-order valence-corrected chi connectivity index (χ1v) is 6.08. The van der Waals surface area contributed by atoms with E-state index in [0.717, 1.165) is 0 Å². The molecular weight excluding hydrogens is 318 g/mol. The maximum Gasteiger partial charge on any atom is 0.240 e. The van der Waals surface area contributed by atoms with Gasteiger partial charge in [0, 0.05) is 6.07 Å². The van der Waals surface area contributed by atoms with Crippen LogP contribution in [0.1, 0.15) is 5.89 Å². The molecule has 102 valence electrons. The molecule has 19 heavy (non-hydrogen) atoms. The Morgan fingerprint density at radius 1 is 1.42 bits per heavy atom. The molecule has 8 heteroatoms. The second-order valence-electron chi connectivity index (χ2n) is 3.54. The quantitative estimate of drug-likeness (QED) is 0.879. The summed E-state index contributed by atoms with van der Waals surface area (Å²) in [4.78, 5) is 4.06. The Hall–Kier alpha value is -1.80. The molecule has 0 amide bonds. The second kappa shape index (κ2) is 5.45. The molecule has 2 aromatic rings. The molecule has 0 radical (unpaired) electrons. The molecule has 0 spiro atoms. The number of hydrogen-bond donors (Lipinski definition) is 2. The van der Waals surface area contributed by atoms with Crippen molar-refractivity contribution in [3.63, 3.8) is 0 Å². The summed E-state index contributed by atoms with van der Waals surface area (Å²) in [5.74, 6) is 1.24. The molecule has 1 aromatic heterocycles. The molecule has 0 saturated heterocycles. The first-order valence-electron chi connectivity index (χ1n) is 5.28. The summed E-state index contributed by atoms with van der Waals surface area (Å²) in [5.41, 5.74) is 5.75. The monoisotopic (exact) mass is 329 g/mol. The third-order valence-electron chi connectivity index (χ3n) is 2.46. The van der Waals surface area contributed by atoms with Crippen LogP contribution in [0.3, 0.4) is 0 Å². The van der Waals surface area contributed by atoms with Gasteiger partial charge in [-0.15, -0.1) is 0 Å². The largest absolute Gasteiger partial charge is 0.507 e. The SMILES string of the molecule is COc1cc(O)c(-c2noc(CN)n2)c(Br)c1OC. The van der Waals surface area contributed by atoms with E-state index in [9.17, 15) is 5.11 Å². The average molecular weight is 330 g/mol. The van der Waals surface area contributed by atoms with E-state index in [1.54, 1.807) is 0 Å². The third kappa shape index (κ3) is 2.36. The number of halogens is 1. The molecule has 0 bridgehead atoms. The number of hydrogen-bond acceptors (Lipinski definition) is 7. The zero-order chi connectivity index (χ0) is 14.0. The van der Waals surface area contributed by atoms with Crippen LogP contribution in [0.4, 0.5) is 0 Å². The van der Waals surface area contributed by atoms with Gasteiger partial charge >= 0.3 is 0 Å². The van der Waals surface area contributed by atoms with Crippen molar-refractivity contribution in [3.8, 4) is 28.6 Å². The lowest BCUT2D eigenvalue weighted by Gasteiger charge is -2.12. The summed E-state index contributed by atoms with van der Waals surface area (Å²) in [6, 6.07) is 1.41. The van der Waals surface area contributed by atoms with Gasteiger partial charge in [0.15, 0.2) is 11.5 Å². The van der Waals surface area contributed by atoms with Crippen molar-refractivity contribution in [2.45, 2.75) is 6.54 Å². The number of phenolic OH excluding ortho intramolecular Hbond substituents is 1. The molecule has 0 fully saturated rings. The minimum atomic E-state index is -0.0612. The maximum atomic E-state index is 10.0. The van der Waals surface area contributed by atoms with Crippen molar-refractivity contribution in [2.24, 2.45) is 5.73 Å². The predicted octanol–water partition coefficient (Wildman–Crippen LogP) is 1.68. The van der Waals surface area contributed by atoms with Crippen molar-refractivity contribution in [3.05, 3.63) is 16.4 Å². The van der Waals surface area contributed by atoms with Crippen molar-refractivity contribution < 1.29 is 19.1 Å². The third-order valence-corrected chi connectivity index (χ3v) is 3.21. The highest BCUT2D eigenvalue weighted by molar-refractivity contribution is 9.10. The van der Waals surface area contributed by atoms with Gasteiger partial charge in [-0.05, 0) is 15.9 Å². The summed E-state index contributed by atoms with van der Waals surface area (Å²) >= 11 is 3.33. The van der Waals surface area contributed by atoms with Crippen molar-refractivity contribution in [1.29, 1.82) is 0 Å². The number of nitrogens with zero attached hydrogens (tertiary/aromatic N) is 2. The molecular formula is C11H12BrN3O4. The Bertz CT molecular complexity index is 600. The first-order chi connectivity index (χ1) is 9.12. The highest BCUT2D eigenvalue weighted by Gasteiger charge is 2.22. The molecule has 0 aliphatic rings. The molecule has 2 rings (SSSR count). The van der Waals surface area contributed by atoms with E-state index in [4.69, 9.17) is 19.7 Å². The van der Waals surface area contributed by atoms with Crippen LogP contribution in [0.2, 0.25) is 0 Å². The van der Waals surface area contributed by atoms with Gasteiger partial charge in [0.05, 0.1) is 30.8 Å². The lowest BCUT2D eigenvalue weighted by molar-refractivity contribution is 0.349. The summed E-state index contributed by atoms with van der Waals surface area (Å²) in [5, 5.41) is 13.8. The molecule has 1 heterocycles. The summed E-state index contributed by atoms with van der Waals surface area (Å²) in [6.45, 7) is 0.124. The standard InChI is InChI=1S/C11H12BrN3O4/c1-17-6-3-5(16)8(9(12)10(6)18-2)11-14-7(4-13)19-15-11/h3,16H,4,13H2,1-2H3. The van der Waals surface area contributed by atoms with Crippen LogP contribution < -0.4 is 15.2 Å². The van der Waals surface area contributed by atoms with Crippen LogP contribution in [0.15, 0.2) is 15.1 Å². The first kappa shape index (κ1) is 13.6. The molecule has 0 saturated carbocycles. The summed E-state index contributed by atoms with van der Waals surface area (Å²) in [6.07, 6.45) is 0. The van der Waals surface area contributed by atoms with Gasteiger partial charge in [0.1, 0.15) is 5.75 Å². The number of aromatic nitrogens is 2. The smallest absolute Gasteiger partial charge is 0.240 e. The van der Waals surface area contributed by atoms with Gasteiger partial charge in [0.2, 0.25) is 11.7 Å². The molecule has 3 N–H and O–H groups in total. The molecule has 0 aliphatic heterocycles. The zero-order valence-electron chi connectivity index (χ0n) is 10.3. The topological polar surface area (TPSA) is 104 Å². The molecule has 7 nitrogen and oxygen atoms in total. The minimum Gasteiger partial charge on any atom is -0.507 e. The van der Waals surface area contributed by atoms with Crippen LogP contribution in [0.25, 0.3) is 11.4 Å². The lowest BCUT2D eigenvalue weighted by atomic mass is 10.1. The van der Waals surface area contributed by atoms with E-state index in [2.05, 4.69) is 26.1 Å². The minimum absolute atomic E-state index is 0.0612. The Morgan fingerprint density at radius 3 is 2.68 bits per heavy atom. The number of methoxy groups -OCH3 is 2. The number of phenols is 1. The highest BCUT2D eigenvalue weighted by atomic mass is 79.9. The Kier molecular flexibility index (Phi) is 3.91. The Morgan fingerprint density at radius 2 is 2.16 bits per heavy atom. The van der Waals surface area contributed by atoms with Crippen molar-refractivity contribution in [2.75, 3.05) is 14.2 Å². The zero-order valence-corrected chi connectivity index (χ0v) is 11.9. The Balaban J connectivity index is 2.63. The van der Waals surface area contributed by atoms with Crippen molar-refractivity contribution in [1.82, 2.24) is 10.1 Å². The van der Waals surface area contributed by atoms with E-state index in [0.29, 0.717) is 21.5 Å². The number of nitrogens with two attached hydrogens (primary N) is 1. The number of aromatic hydroxyl groups is 1. The van der Waals surface area contributed by atoms with Gasteiger partial charge in [-0.25, -0.2) is 0 Å². The van der Waals surface area contributed by atoms with Crippen LogP contribution in [-0.4, -0.2) is 29.5 Å². The molecule has 0 aliphatic carbocycles. The maximum absolute atomic E-state index is 10.0. The lowest BCUT2D eigenvalue weighted by Crippen LogP contribution is -1.97. The van der Waals surface area contributed by atoms with Crippen molar-refractivity contribution >= 4 is 15.9 Å². The fraction of sp³-hybridized carbons (Fsp3) is 0.273. The van der Waals surface area contributed by atoms with E-state index in [-0.39, 0.29) is 24.0 Å². The van der Waals surface area contributed by atoms with Gasteiger partial charge in [0.25, 0.3) is 0 Å². The number of ether oxygens (including phenoxy) is 2. The van der Waals surface area contributed by atoms with Gasteiger partial charge in [-0.3, -0.25) is 0 Å². The van der Waals surface area contributed by atoms with E-state index in [1.807, 2.05) is 0 Å². The average Bonchev–Trinajstić information content (AvgIpc) is 2.86. The fourth-order valence-corrected chi connectivity index (χ4v) is 2.33. The highest BCUT2D eigenvalue weighted by Crippen LogP contribution is 2.46. The number of rotatable bonds is 4. The summed E-state index contributed by atoms with van der Waals surface area (Å²) < 4.78 is 15.7. The van der Waals surface area contributed by atoms with Crippen LogP contribution in [0, 0.1) is 0 Å². The van der Waals surface area contributed by atoms with E-state index in [1.165, 1.54) is 20.3 Å². The molecule has 1 aromatic carbocycles. The normalized spacial score (nSPS) is 10.5. The van der Waals surface area contributed by atoms with Crippen LogP contribution in [-0.2, 0) is 6.54 Å².